The molecular weight excluding hydrogens is 474 g/mol. The summed E-state index contributed by atoms with van der Waals surface area (Å²) in [6, 6.07) is 8.00. The fourth-order valence-corrected chi connectivity index (χ4v) is 5.05. The standard InChI is InChI=1S/C24H31N3O7S/c1-4-6-12-26-35(30,31)22(24(29)32-5-2)17-7-8-20-19(16-17)27(3)23(28)21(34-20)11-15-33-18-9-13-25-14-10-18/h7-10,13-14,16,21-22,26H,4-6,11-12,15H2,1-3H3. The van der Waals surface area contributed by atoms with Crippen molar-refractivity contribution in [3.63, 3.8) is 0 Å². The van der Waals surface area contributed by atoms with Crippen molar-refractivity contribution in [1.82, 2.24) is 9.71 Å². The summed E-state index contributed by atoms with van der Waals surface area (Å²) in [4.78, 5) is 30.9. The molecule has 1 aliphatic heterocycles. The third-order valence-corrected chi connectivity index (χ3v) is 7.16. The first kappa shape index (κ1) is 26.4. The molecule has 1 aliphatic rings. The highest BCUT2D eigenvalue weighted by atomic mass is 32.2. The molecule has 35 heavy (non-hydrogen) atoms. The molecule has 2 unspecified atom stereocenters. The van der Waals surface area contributed by atoms with Crippen LogP contribution in [0.3, 0.4) is 0 Å². The average molecular weight is 506 g/mol. The second-order valence-electron chi connectivity index (χ2n) is 7.98. The van der Waals surface area contributed by atoms with Crippen molar-refractivity contribution < 1.29 is 32.2 Å². The number of nitrogens with zero attached hydrogens (tertiary/aromatic N) is 2. The number of carbonyl (C=O) groups excluding carboxylic acids is 2. The van der Waals surface area contributed by atoms with Gasteiger partial charge in [0.1, 0.15) is 11.5 Å². The first-order valence-corrected chi connectivity index (χ1v) is 13.1. The van der Waals surface area contributed by atoms with Crippen LogP contribution in [0.2, 0.25) is 0 Å². The molecule has 10 nitrogen and oxygen atoms in total. The summed E-state index contributed by atoms with van der Waals surface area (Å²) in [5.41, 5.74) is 0.561. The van der Waals surface area contributed by atoms with Crippen LogP contribution in [0.4, 0.5) is 5.69 Å². The van der Waals surface area contributed by atoms with Crippen molar-refractivity contribution in [2.45, 2.75) is 44.5 Å². The van der Waals surface area contributed by atoms with Gasteiger partial charge in [0.15, 0.2) is 11.4 Å². The highest BCUT2D eigenvalue weighted by molar-refractivity contribution is 7.90. The van der Waals surface area contributed by atoms with Crippen molar-refractivity contribution in [3.8, 4) is 11.5 Å². The van der Waals surface area contributed by atoms with Crippen LogP contribution in [0.1, 0.15) is 43.9 Å². The van der Waals surface area contributed by atoms with Gasteiger partial charge in [0.25, 0.3) is 5.91 Å². The van der Waals surface area contributed by atoms with Gasteiger partial charge in [-0.25, -0.2) is 13.1 Å². The summed E-state index contributed by atoms with van der Waals surface area (Å²) in [5, 5.41) is -1.57. The van der Waals surface area contributed by atoms with Crippen LogP contribution in [-0.4, -0.2) is 58.2 Å². The van der Waals surface area contributed by atoms with Crippen LogP contribution in [-0.2, 0) is 24.3 Å². The lowest BCUT2D eigenvalue weighted by Gasteiger charge is -2.32. The molecule has 0 spiro atoms. The average Bonchev–Trinajstić information content (AvgIpc) is 2.83. The van der Waals surface area contributed by atoms with Crippen LogP contribution in [0, 0.1) is 0 Å². The van der Waals surface area contributed by atoms with Crippen LogP contribution in [0.15, 0.2) is 42.7 Å². The number of hydrogen-bond donors (Lipinski definition) is 1. The summed E-state index contributed by atoms with van der Waals surface area (Å²) in [7, 11) is -2.48. The number of benzene rings is 1. The molecule has 0 fully saturated rings. The van der Waals surface area contributed by atoms with E-state index in [1.165, 1.54) is 17.0 Å². The number of carbonyl (C=O) groups is 2. The van der Waals surface area contributed by atoms with E-state index in [4.69, 9.17) is 14.2 Å². The van der Waals surface area contributed by atoms with Crippen LogP contribution >= 0.6 is 0 Å². The molecule has 0 saturated heterocycles. The summed E-state index contributed by atoms with van der Waals surface area (Å²) in [6.07, 6.45) is 4.21. The molecule has 190 valence electrons. The molecule has 1 aromatic carbocycles. The van der Waals surface area contributed by atoms with E-state index < -0.39 is 27.3 Å². The number of aromatic nitrogens is 1. The highest BCUT2D eigenvalue weighted by Crippen LogP contribution is 2.37. The summed E-state index contributed by atoms with van der Waals surface area (Å²) in [5.74, 6) is -0.137. The Morgan fingerprint density at radius 1 is 1.23 bits per heavy atom. The Labute approximate surface area is 205 Å². The number of nitrogens with one attached hydrogen (secondary N) is 1. The van der Waals surface area contributed by atoms with Crippen molar-refractivity contribution in [1.29, 1.82) is 0 Å². The molecule has 11 heteroatoms. The Morgan fingerprint density at radius 2 is 1.97 bits per heavy atom. The van der Waals surface area contributed by atoms with Gasteiger partial charge in [0, 0.05) is 32.4 Å². The number of ether oxygens (including phenoxy) is 3. The molecule has 0 aliphatic carbocycles. The minimum Gasteiger partial charge on any atom is -0.493 e. The normalized spacial score (nSPS) is 16.3. The third-order valence-electron chi connectivity index (χ3n) is 5.47. The number of unbranched alkanes of at least 4 members (excludes halogenated alkanes) is 1. The Kier molecular flexibility index (Phi) is 9.05. The Hall–Kier alpha value is -3.18. The van der Waals surface area contributed by atoms with Gasteiger partial charge >= 0.3 is 5.97 Å². The molecule has 2 heterocycles. The SMILES string of the molecule is CCCCNS(=O)(=O)C(C(=O)OCC)c1ccc2c(c1)N(C)C(=O)C(CCOc1ccncc1)O2. The summed E-state index contributed by atoms with van der Waals surface area (Å²) < 4.78 is 45.0. The molecule has 3 rings (SSSR count). The van der Waals surface area contributed by atoms with Gasteiger partial charge < -0.3 is 19.1 Å². The minimum absolute atomic E-state index is 0.0372. The van der Waals surface area contributed by atoms with Gasteiger partial charge in [-0.15, -0.1) is 0 Å². The highest BCUT2D eigenvalue weighted by Gasteiger charge is 2.38. The third kappa shape index (κ3) is 6.49. The number of likely N-dealkylation sites (N-methyl/N-ethyl adjacent to an activating group) is 1. The number of sulfonamides is 1. The van der Waals surface area contributed by atoms with Gasteiger partial charge in [0.2, 0.25) is 10.0 Å². The monoisotopic (exact) mass is 505 g/mol. The van der Waals surface area contributed by atoms with E-state index in [1.54, 1.807) is 44.6 Å². The molecule has 1 aromatic heterocycles. The van der Waals surface area contributed by atoms with Crippen molar-refractivity contribution in [2.75, 3.05) is 31.7 Å². The van der Waals surface area contributed by atoms with Crippen molar-refractivity contribution >= 4 is 27.6 Å². The van der Waals surface area contributed by atoms with Gasteiger partial charge in [-0.05, 0) is 43.2 Å². The predicted octanol–water partition coefficient (Wildman–Crippen LogP) is 2.60. The van der Waals surface area contributed by atoms with Crippen LogP contribution < -0.4 is 19.1 Å². The number of amides is 1. The van der Waals surface area contributed by atoms with Gasteiger partial charge in [-0.3, -0.25) is 14.6 Å². The van der Waals surface area contributed by atoms with E-state index in [2.05, 4.69) is 9.71 Å². The lowest BCUT2D eigenvalue weighted by molar-refractivity contribution is -0.142. The second-order valence-corrected chi connectivity index (χ2v) is 9.83. The van der Waals surface area contributed by atoms with E-state index in [0.29, 0.717) is 30.0 Å². The Morgan fingerprint density at radius 3 is 2.66 bits per heavy atom. The van der Waals surface area contributed by atoms with Crippen LogP contribution in [0.25, 0.3) is 0 Å². The first-order valence-electron chi connectivity index (χ1n) is 11.5. The van der Waals surface area contributed by atoms with Crippen LogP contribution in [0.5, 0.6) is 11.5 Å². The topological polar surface area (TPSA) is 124 Å². The van der Waals surface area contributed by atoms with Gasteiger partial charge in [-0.1, -0.05) is 19.4 Å². The maximum atomic E-state index is 13.0. The largest absolute Gasteiger partial charge is 0.493 e. The van der Waals surface area contributed by atoms with Crippen molar-refractivity contribution in [2.24, 2.45) is 0 Å². The molecule has 0 bridgehead atoms. The maximum Gasteiger partial charge on any atom is 0.330 e. The van der Waals surface area contributed by atoms with Gasteiger partial charge in [0.05, 0.1) is 18.9 Å². The molecule has 1 N–H and O–H groups in total. The zero-order chi connectivity index (χ0) is 25.4. The summed E-state index contributed by atoms with van der Waals surface area (Å²) >= 11 is 0. The van der Waals surface area contributed by atoms with Gasteiger partial charge in [-0.2, -0.15) is 0 Å². The quantitative estimate of drug-likeness (QED) is 0.345. The van der Waals surface area contributed by atoms with E-state index in [1.807, 2.05) is 6.92 Å². The minimum atomic E-state index is -4.07. The predicted molar refractivity (Wildman–Crippen MR) is 130 cm³/mol. The lowest BCUT2D eigenvalue weighted by Crippen LogP contribution is -2.44. The lowest BCUT2D eigenvalue weighted by atomic mass is 10.1. The van der Waals surface area contributed by atoms with E-state index in [0.717, 1.165) is 6.42 Å². The Bertz CT molecular complexity index is 1130. The number of anilines is 1. The molecule has 1 amide bonds. The molecule has 0 saturated carbocycles. The summed E-state index contributed by atoms with van der Waals surface area (Å²) in [6.45, 7) is 4.05. The van der Waals surface area contributed by atoms with E-state index in [-0.39, 0.29) is 31.2 Å². The number of esters is 1. The number of fused-ring (bicyclic) bond motifs is 1. The van der Waals surface area contributed by atoms with Crippen molar-refractivity contribution in [3.05, 3.63) is 48.3 Å². The van der Waals surface area contributed by atoms with E-state index in [9.17, 15) is 18.0 Å². The zero-order valence-electron chi connectivity index (χ0n) is 20.1. The molecule has 0 radical (unpaired) electrons. The fourth-order valence-electron chi connectivity index (χ4n) is 3.63. The van der Waals surface area contributed by atoms with E-state index >= 15 is 0 Å². The number of pyridine rings is 1. The molecule has 2 aromatic rings. The smallest absolute Gasteiger partial charge is 0.330 e. The first-order chi connectivity index (χ1) is 16.8. The zero-order valence-corrected chi connectivity index (χ0v) is 20.9. The fraction of sp³-hybridized carbons (Fsp3) is 0.458. The molecule has 2 atom stereocenters. The molecular formula is C24H31N3O7S. The second kappa shape index (κ2) is 12.0. The maximum absolute atomic E-state index is 13.0. The number of hydrogen-bond acceptors (Lipinski definition) is 8. The number of rotatable bonds is 12. The Balaban J connectivity index is 1.80.